The van der Waals surface area contributed by atoms with Gasteiger partial charge < -0.3 is 0 Å². The highest BCUT2D eigenvalue weighted by molar-refractivity contribution is 8.13. The van der Waals surface area contributed by atoms with Gasteiger partial charge in [0.2, 0.25) is 0 Å². The minimum absolute atomic E-state index is 0.0887. The summed E-state index contributed by atoms with van der Waals surface area (Å²) in [5, 5.41) is 2.20. The summed E-state index contributed by atoms with van der Waals surface area (Å²) in [7, 11) is 0. The number of amides is 1. The molecule has 1 N–H and O–H groups in total. The lowest BCUT2D eigenvalue weighted by Crippen LogP contribution is -2.42. The Kier molecular flexibility index (Phi) is 5.65. The van der Waals surface area contributed by atoms with Crippen LogP contribution in [0.1, 0.15) is 12.5 Å². The van der Waals surface area contributed by atoms with Crippen molar-refractivity contribution >= 4 is 40.3 Å². The fourth-order valence-electron chi connectivity index (χ4n) is 3.13. The molecular formula is C23H21N3OS2. The van der Waals surface area contributed by atoms with E-state index in [1.54, 1.807) is 16.8 Å². The van der Waals surface area contributed by atoms with E-state index in [1.807, 2.05) is 86.0 Å². The van der Waals surface area contributed by atoms with Gasteiger partial charge in [0, 0.05) is 9.79 Å². The predicted molar refractivity (Wildman–Crippen MR) is 122 cm³/mol. The molecule has 0 saturated heterocycles. The van der Waals surface area contributed by atoms with Crippen LogP contribution in [0.25, 0.3) is 0 Å². The highest BCUT2D eigenvalue weighted by Gasteiger charge is 2.46. The minimum atomic E-state index is -0.948. The molecule has 0 aromatic heterocycles. The number of nitrogens with one attached hydrogen (secondary N) is 1. The lowest BCUT2D eigenvalue weighted by atomic mass is 9.92. The molecule has 4 rings (SSSR count). The smallest absolute Gasteiger partial charge is 0.279 e. The monoisotopic (exact) mass is 419 g/mol. The van der Waals surface area contributed by atoms with Crippen molar-refractivity contribution in [1.29, 1.82) is 0 Å². The molecule has 3 aromatic carbocycles. The van der Waals surface area contributed by atoms with E-state index in [2.05, 4.69) is 17.6 Å². The standard InChI is InChI=1S/C23H21N3OS2/c1-23(17-13-15-20(16-14-17)29-19-11-7-4-8-12-19)21(27)26(22(24-23)28-2)25-18-9-5-3-6-10-18/h3-16,25H,1-2H3/t23-/m1/s1. The lowest BCUT2D eigenvalue weighted by molar-refractivity contribution is -0.129. The lowest BCUT2D eigenvalue weighted by Gasteiger charge is -2.24. The topological polar surface area (TPSA) is 44.7 Å². The van der Waals surface area contributed by atoms with Gasteiger partial charge in [-0.1, -0.05) is 72.1 Å². The number of hydrazine groups is 1. The Morgan fingerprint density at radius 3 is 2.07 bits per heavy atom. The molecule has 1 heterocycles. The molecule has 1 amide bonds. The van der Waals surface area contributed by atoms with Gasteiger partial charge in [0.1, 0.15) is 0 Å². The molecule has 0 radical (unpaired) electrons. The van der Waals surface area contributed by atoms with Crippen LogP contribution in [0.3, 0.4) is 0 Å². The van der Waals surface area contributed by atoms with Crippen LogP contribution in [-0.4, -0.2) is 22.3 Å². The van der Waals surface area contributed by atoms with Crippen molar-refractivity contribution in [2.24, 2.45) is 4.99 Å². The van der Waals surface area contributed by atoms with E-state index in [0.717, 1.165) is 16.1 Å². The highest BCUT2D eigenvalue weighted by atomic mass is 32.2. The van der Waals surface area contributed by atoms with Gasteiger partial charge in [-0.05, 0) is 55.1 Å². The Bertz CT molecular complexity index is 1020. The average Bonchev–Trinajstić information content (AvgIpc) is 3.01. The first kappa shape index (κ1) is 19.6. The molecular weight excluding hydrogens is 398 g/mol. The molecule has 1 aliphatic heterocycles. The summed E-state index contributed by atoms with van der Waals surface area (Å²) in [6.45, 7) is 1.87. The van der Waals surface area contributed by atoms with Gasteiger partial charge in [0.15, 0.2) is 10.7 Å². The number of carbonyl (C=O) groups is 1. The van der Waals surface area contributed by atoms with E-state index in [0.29, 0.717) is 5.17 Å². The number of rotatable bonds is 5. The second-order valence-corrected chi connectivity index (χ2v) is 8.65. The maximum Gasteiger partial charge on any atom is 0.279 e. The second-order valence-electron chi connectivity index (χ2n) is 6.73. The Hall–Kier alpha value is -2.70. The van der Waals surface area contributed by atoms with Crippen molar-refractivity contribution in [2.45, 2.75) is 22.3 Å². The number of thioether (sulfide) groups is 1. The van der Waals surface area contributed by atoms with Crippen LogP contribution in [0, 0.1) is 0 Å². The number of amidine groups is 1. The second kappa shape index (κ2) is 8.35. The molecule has 1 atom stereocenters. The number of anilines is 1. The molecule has 0 bridgehead atoms. The van der Waals surface area contributed by atoms with Crippen LogP contribution in [-0.2, 0) is 10.3 Å². The van der Waals surface area contributed by atoms with Gasteiger partial charge in [-0.3, -0.25) is 10.2 Å². The van der Waals surface area contributed by atoms with Crippen molar-refractivity contribution in [3.05, 3.63) is 90.5 Å². The fraction of sp³-hybridized carbons (Fsp3) is 0.130. The van der Waals surface area contributed by atoms with Gasteiger partial charge in [-0.25, -0.2) is 4.99 Å². The first-order valence-electron chi connectivity index (χ1n) is 9.24. The van der Waals surface area contributed by atoms with E-state index in [-0.39, 0.29) is 5.91 Å². The zero-order chi connectivity index (χ0) is 20.3. The highest BCUT2D eigenvalue weighted by Crippen LogP contribution is 2.37. The fourth-order valence-corrected chi connectivity index (χ4v) is 4.55. The maximum absolute atomic E-state index is 13.3. The third-order valence-corrected chi connectivity index (χ3v) is 6.38. The molecule has 0 saturated carbocycles. The Labute approximate surface area is 179 Å². The summed E-state index contributed by atoms with van der Waals surface area (Å²) in [4.78, 5) is 20.4. The van der Waals surface area contributed by atoms with Gasteiger partial charge in [0.05, 0.1) is 5.69 Å². The average molecular weight is 420 g/mol. The number of carbonyl (C=O) groups excluding carboxylic acids is 1. The van der Waals surface area contributed by atoms with E-state index in [1.165, 1.54) is 16.7 Å². The number of hydrogen-bond donors (Lipinski definition) is 1. The Morgan fingerprint density at radius 2 is 1.45 bits per heavy atom. The third-order valence-electron chi connectivity index (χ3n) is 4.72. The normalized spacial score (nSPS) is 18.6. The summed E-state index contributed by atoms with van der Waals surface area (Å²) < 4.78 is 0. The van der Waals surface area contributed by atoms with Gasteiger partial charge in [-0.2, -0.15) is 5.01 Å². The van der Waals surface area contributed by atoms with Gasteiger partial charge in [0.25, 0.3) is 5.91 Å². The van der Waals surface area contributed by atoms with Crippen molar-refractivity contribution in [1.82, 2.24) is 5.01 Å². The van der Waals surface area contributed by atoms with Crippen LogP contribution in [0.15, 0.2) is 99.7 Å². The van der Waals surface area contributed by atoms with Crippen molar-refractivity contribution in [3.63, 3.8) is 0 Å². The predicted octanol–water partition coefficient (Wildman–Crippen LogP) is 5.64. The molecule has 0 spiro atoms. The molecule has 6 heteroatoms. The van der Waals surface area contributed by atoms with Crippen LogP contribution in [0.4, 0.5) is 5.69 Å². The van der Waals surface area contributed by atoms with E-state index >= 15 is 0 Å². The van der Waals surface area contributed by atoms with Crippen molar-refractivity contribution in [3.8, 4) is 0 Å². The quantitative estimate of drug-likeness (QED) is 0.581. The van der Waals surface area contributed by atoms with E-state index in [4.69, 9.17) is 4.99 Å². The molecule has 0 fully saturated rings. The molecule has 29 heavy (non-hydrogen) atoms. The number of benzene rings is 3. The summed E-state index contributed by atoms with van der Waals surface area (Å²) in [5.74, 6) is -0.0887. The van der Waals surface area contributed by atoms with Crippen LogP contribution in [0.5, 0.6) is 0 Å². The number of para-hydroxylation sites is 1. The molecule has 1 aliphatic rings. The largest absolute Gasteiger partial charge is 0.289 e. The summed E-state index contributed by atoms with van der Waals surface area (Å²) >= 11 is 3.15. The summed E-state index contributed by atoms with van der Waals surface area (Å²) in [6.07, 6.45) is 1.93. The van der Waals surface area contributed by atoms with Crippen molar-refractivity contribution in [2.75, 3.05) is 11.7 Å². The molecule has 0 aliphatic carbocycles. The zero-order valence-electron chi connectivity index (χ0n) is 16.2. The SMILES string of the molecule is CSC1=N[C@](C)(c2ccc(Sc3ccccc3)cc2)C(=O)N1Nc1ccccc1. The number of hydrogen-bond acceptors (Lipinski definition) is 5. The van der Waals surface area contributed by atoms with Crippen LogP contribution >= 0.6 is 23.5 Å². The van der Waals surface area contributed by atoms with Gasteiger partial charge >= 0.3 is 0 Å². The maximum atomic E-state index is 13.3. The first-order chi connectivity index (χ1) is 14.1. The molecule has 146 valence electrons. The summed E-state index contributed by atoms with van der Waals surface area (Å²) in [6, 6.07) is 28.0. The number of aliphatic imine (C=N–C) groups is 1. The molecule has 0 unspecified atom stereocenters. The Morgan fingerprint density at radius 1 is 0.862 bits per heavy atom. The first-order valence-corrected chi connectivity index (χ1v) is 11.3. The van der Waals surface area contributed by atoms with E-state index in [9.17, 15) is 4.79 Å². The zero-order valence-corrected chi connectivity index (χ0v) is 17.8. The molecule has 4 nitrogen and oxygen atoms in total. The number of nitrogens with zero attached hydrogens (tertiary/aromatic N) is 2. The Balaban J connectivity index is 1.57. The van der Waals surface area contributed by atoms with Crippen molar-refractivity contribution < 1.29 is 4.79 Å². The van der Waals surface area contributed by atoms with Crippen LogP contribution < -0.4 is 5.43 Å². The summed E-state index contributed by atoms with van der Waals surface area (Å²) in [5.41, 5.74) is 3.97. The third kappa shape index (κ3) is 4.04. The molecule has 3 aromatic rings. The van der Waals surface area contributed by atoms with Gasteiger partial charge in [-0.15, -0.1) is 0 Å². The minimum Gasteiger partial charge on any atom is -0.289 e. The van der Waals surface area contributed by atoms with Crippen LogP contribution in [0.2, 0.25) is 0 Å². The van der Waals surface area contributed by atoms with E-state index < -0.39 is 5.54 Å².